The third-order valence-corrected chi connectivity index (χ3v) is 6.19. The summed E-state index contributed by atoms with van der Waals surface area (Å²) < 4.78 is 35.1. The van der Waals surface area contributed by atoms with Crippen molar-refractivity contribution in [2.75, 3.05) is 0 Å². The van der Waals surface area contributed by atoms with Crippen LogP contribution in [0.15, 0.2) is 54.6 Å². The summed E-state index contributed by atoms with van der Waals surface area (Å²) in [6, 6.07) is 17.1. The van der Waals surface area contributed by atoms with E-state index >= 15 is 0 Å². The SMILES string of the molecule is CC(C)S(=O)OC(C)(C)C1CC(=O)OC1OCc1cccc(Oc2ccccc2)c1. The molecule has 3 unspecified atom stereocenters. The van der Waals surface area contributed by atoms with Crippen LogP contribution >= 0.6 is 0 Å². The van der Waals surface area contributed by atoms with Gasteiger partial charge in [-0.15, -0.1) is 0 Å². The summed E-state index contributed by atoms with van der Waals surface area (Å²) in [5.74, 6) is 0.727. The van der Waals surface area contributed by atoms with Crippen LogP contribution < -0.4 is 4.74 Å². The van der Waals surface area contributed by atoms with E-state index in [1.54, 1.807) is 0 Å². The van der Waals surface area contributed by atoms with Gasteiger partial charge in [0.15, 0.2) is 11.1 Å². The van der Waals surface area contributed by atoms with Crippen LogP contribution in [-0.2, 0) is 36.1 Å². The van der Waals surface area contributed by atoms with Crippen LogP contribution in [0.5, 0.6) is 11.5 Å². The molecule has 0 aliphatic carbocycles. The van der Waals surface area contributed by atoms with Crippen molar-refractivity contribution in [2.45, 2.75) is 57.9 Å². The second kappa shape index (κ2) is 9.73. The van der Waals surface area contributed by atoms with Crippen LogP contribution in [-0.4, -0.2) is 27.3 Å². The average Bonchev–Trinajstić information content (AvgIpc) is 3.09. The monoisotopic (exact) mass is 432 g/mol. The van der Waals surface area contributed by atoms with Gasteiger partial charge in [-0.05, 0) is 57.5 Å². The minimum Gasteiger partial charge on any atom is -0.457 e. The second-order valence-corrected chi connectivity index (χ2v) is 9.67. The first-order valence-corrected chi connectivity index (χ1v) is 11.1. The van der Waals surface area contributed by atoms with Gasteiger partial charge in [0.1, 0.15) is 11.5 Å². The average molecular weight is 433 g/mol. The zero-order valence-corrected chi connectivity index (χ0v) is 18.5. The maximum Gasteiger partial charge on any atom is 0.308 e. The van der Waals surface area contributed by atoms with Gasteiger partial charge in [0.25, 0.3) is 0 Å². The first-order chi connectivity index (χ1) is 14.2. The molecule has 0 radical (unpaired) electrons. The molecule has 0 saturated carbocycles. The Kier molecular flexibility index (Phi) is 7.28. The molecule has 3 atom stereocenters. The third kappa shape index (κ3) is 5.90. The Morgan fingerprint density at radius 2 is 1.80 bits per heavy atom. The molecule has 2 aromatic carbocycles. The predicted molar refractivity (Wildman–Crippen MR) is 114 cm³/mol. The third-order valence-electron chi connectivity index (χ3n) is 4.83. The number of rotatable bonds is 9. The van der Waals surface area contributed by atoms with Gasteiger partial charge < -0.3 is 14.2 Å². The highest BCUT2D eigenvalue weighted by Gasteiger charge is 2.47. The summed E-state index contributed by atoms with van der Waals surface area (Å²) >= 11 is -1.46. The number of hydrogen-bond acceptors (Lipinski definition) is 6. The molecule has 0 spiro atoms. The van der Waals surface area contributed by atoms with Crippen molar-refractivity contribution in [1.82, 2.24) is 0 Å². The van der Waals surface area contributed by atoms with Gasteiger partial charge in [-0.3, -0.25) is 8.98 Å². The van der Waals surface area contributed by atoms with Gasteiger partial charge in [0.2, 0.25) is 6.29 Å². The molecular weight excluding hydrogens is 404 g/mol. The van der Waals surface area contributed by atoms with E-state index in [0.717, 1.165) is 11.3 Å². The van der Waals surface area contributed by atoms with Crippen molar-refractivity contribution in [3.8, 4) is 11.5 Å². The van der Waals surface area contributed by atoms with Crippen molar-refractivity contribution in [2.24, 2.45) is 5.92 Å². The van der Waals surface area contributed by atoms with Crippen LogP contribution in [0.1, 0.15) is 39.7 Å². The molecule has 1 aliphatic heterocycles. The van der Waals surface area contributed by atoms with E-state index in [9.17, 15) is 9.00 Å². The number of benzene rings is 2. The zero-order chi connectivity index (χ0) is 21.7. The Hall–Kier alpha value is -2.22. The number of cyclic esters (lactones) is 1. The lowest BCUT2D eigenvalue weighted by Crippen LogP contribution is -2.41. The number of esters is 1. The zero-order valence-electron chi connectivity index (χ0n) is 17.7. The van der Waals surface area contributed by atoms with Crippen LogP contribution in [0.4, 0.5) is 0 Å². The molecule has 1 heterocycles. The number of para-hydroxylation sites is 1. The van der Waals surface area contributed by atoms with Crippen molar-refractivity contribution in [3.63, 3.8) is 0 Å². The summed E-state index contributed by atoms with van der Waals surface area (Å²) in [4.78, 5) is 11.9. The van der Waals surface area contributed by atoms with Gasteiger partial charge in [-0.2, -0.15) is 0 Å². The molecule has 30 heavy (non-hydrogen) atoms. The first-order valence-electron chi connectivity index (χ1n) is 9.97. The van der Waals surface area contributed by atoms with Gasteiger partial charge in [-0.25, -0.2) is 4.21 Å². The minimum absolute atomic E-state index is 0.144. The number of ether oxygens (including phenoxy) is 3. The molecule has 0 bridgehead atoms. The van der Waals surface area contributed by atoms with Gasteiger partial charge in [0.05, 0.1) is 29.8 Å². The van der Waals surface area contributed by atoms with Gasteiger partial charge in [-0.1, -0.05) is 30.3 Å². The second-order valence-electron chi connectivity index (χ2n) is 8.04. The highest BCUT2D eigenvalue weighted by molar-refractivity contribution is 7.80. The summed E-state index contributed by atoms with van der Waals surface area (Å²) in [6.45, 7) is 7.50. The molecule has 0 aromatic heterocycles. The van der Waals surface area contributed by atoms with E-state index in [0.29, 0.717) is 5.75 Å². The summed E-state index contributed by atoms with van der Waals surface area (Å²) in [5.41, 5.74) is 0.0409. The Labute approximate surface area is 180 Å². The Balaban J connectivity index is 1.64. The highest BCUT2D eigenvalue weighted by Crippen LogP contribution is 2.36. The van der Waals surface area contributed by atoms with Crippen LogP contribution in [0.25, 0.3) is 0 Å². The fraction of sp³-hybridized carbons (Fsp3) is 0.435. The summed E-state index contributed by atoms with van der Waals surface area (Å²) in [6.07, 6.45) is -0.611. The number of carbonyl (C=O) groups excluding carboxylic acids is 1. The molecule has 0 amide bonds. The molecule has 0 N–H and O–H groups in total. The number of carbonyl (C=O) groups is 1. The van der Waals surface area contributed by atoms with Crippen LogP contribution in [0, 0.1) is 5.92 Å². The smallest absolute Gasteiger partial charge is 0.308 e. The van der Waals surface area contributed by atoms with Crippen molar-refractivity contribution >= 4 is 17.0 Å². The Morgan fingerprint density at radius 1 is 1.10 bits per heavy atom. The molecule has 7 heteroatoms. The predicted octanol–water partition coefficient (Wildman–Crippen LogP) is 4.75. The van der Waals surface area contributed by atoms with Gasteiger partial charge >= 0.3 is 5.97 Å². The fourth-order valence-corrected chi connectivity index (χ4v) is 3.87. The van der Waals surface area contributed by atoms with Crippen molar-refractivity contribution < 1.29 is 27.4 Å². The quantitative estimate of drug-likeness (QED) is 0.533. The first kappa shape index (κ1) is 22.5. The topological polar surface area (TPSA) is 71.1 Å². The highest BCUT2D eigenvalue weighted by atomic mass is 32.2. The Morgan fingerprint density at radius 3 is 2.50 bits per heavy atom. The van der Waals surface area contributed by atoms with E-state index in [2.05, 4.69) is 0 Å². The maximum atomic E-state index is 12.2. The van der Waals surface area contributed by atoms with E-state index in [1.807, 2.05) is 82.3 Å². The van der Waals surface area contributed by atoms with E-state index in [4.69, 9.17) is 18.4 Å². The molecule has 3 rings (SSSR count). The van der Waals surface area contributed by atoms with Crippen LogP contribution in [0.2, 0.25) is 0 Å². The van der Waals surface area contributed by atoms with Crippen LogP contribution in [0.3, 0.4) is 0 Å². The molecule has 162 valence electrons. The molecule has 1 aliphatic rings. The van der Waals surface area contributed by atoms with Crippen molar-refractivity contribution in [1.29, 1.82) is 0 Å². The molecular formula is C23H28O6S. The van der Waals surface area contributed by atoms with Crippen molar-refractivity contribution in [3.05, 3.63) is 60.2 Å². The van der Waals surface area contributed by atoms with E-state index in [-0.39, 0.29) is 30.2 Å². The standard InChI is InChI=1S/C23H28O6S/c1-16(2)30(25)29-23(3,4)20-14-21(24)28-22(20)26-15-17-9-8-12-19(13-17)27-18-10-6-5-7-11-18/h5-13,16,20,22H,14-15H2,1-4H3. The molecule has 2 aromatic rings. The summed E-state index contributed by atoms with van der Waals surface area (Å²) in [5, 5.41) is -0.144. The lowest BCUT2D eigenvalue weighted by molar-refractivity contribution is -0.179. The lowest BCUT2D eigenvalue weighted by Gasteiger charge is -2.32. The maximum absolute atomic E-state index is 12.2. The number of hydrogen-bond donors (Lipinski definition) is 0. The van der Waals surface area contributed by atoms with Gasteiger partial charge in [0, 0.05) is 0 Å². The molecule has 1 fully saturated rings. The largest absolute Gasteiger partial charge is 0.457 e. The fourth-order valence-electron chi connectivity index (χ4n) is 3.13. The summed E-state index contributed by atoms with van der Waals surface area (Å²) in [7, 11) is 0. The normalized spacial score (nSPS) is 20.2. The molecule has 1 saturated heterocycles. The lowest BCUT2D eigenvalue weighted by atomic mass is 9.89. The van der Waals surface area contributed by atoms with E-state index < -0.39 is 23.0 Å². The Bertz CT molecular complexity index is 880. The molecule has 6 nitrogen and oxygen atoms in total. The minimum atomic E-state index is -1.46. The van der Waals surface area contributed by atoms with E-state index in [1.165, 1.54) is 0 Å².